The molecule has 3 rings (SSSR count). The van der Waals surface area contributed by atoms with Crippen LogP contribution >= 0.6 is 0 Å². The number of anilines is 1. The molecule has 32 heavy (non-hydrogen) atoms. The number of aryl methyl sites for hydroxylation is 1. The van der Waals surface area contributed by atoms with Crippen LogP contribution in [0.4, 0.5) is 10.1 Å². The molecule has 168 valence electrons. The van der Waals surface area contributed by atoms with Gasteiger partial charge >= 0.3 is 0 Å². The van der Waals surface area contributed by atoms with Gasteiger partial charge in [0.15, 0.2) is 0 Å². The van der Waals surface area contributed by atoms with Crippen LogP contribution in [0.2, 0.25) is 0 Å². The highest BCUT2D eigenvalue weighted by atomic mass is 32.2. The molecule has 0 aromatic heterocycles. The summed E-state index contributed by atoms with van der Waals surface area (Å²) in [5, 5.41) is 2.53. The van der Waals surface area contributed by atoms with Gasteiger partial charge in [-0.15, -0.1) is 0 Å². The minimum atomic E-state index is -3.85. The number of nitrogens with one attached hydrogen (secondary N) is 2. The summed E-state index contributed by atoms with van der Waals surface area (Å²) < 4.78 is 47.6. The standard InChI is InChI=1S/C24H25FN2O4S/c1-17(12-13-18-8-4-3-5-9-18)27-32(29,30)19-14-15-23(31-2)22(16-19)26-24(28)20-10-6-7-11-21(20)25/h3-11,14-17,27H,12-13H2,1-2H3,(H,26,28)/t17-/m0/s1. The molecule has 8 heteroatoms. The molecule has 2 N–H and O–H groups in total. The fourth-order valence-corrected chi connectivity index (χ4v) is 4.51. The van der Waals surface area contributed by atoms with Gasteiger partial charge in [0.1, 0.15) is 11.6 Å². The summed E-state index contributed by atoms with van der Waals surface area (Å²) in [6.07, 6.45) is 1.35. The van der Waals surface area contributed by atoms with Crippen molar-refractivity contribution in [2.24, 2.45) is 0 Å². The summed E-state index contributed by atoms with van der Waals surface area (Å²) in [7, 11) is -2.46. The van der Waals surface area contributed by atoms with Crippen molar-refractivity contribution in [1.82, 2.24) is 4.72 Å². The molecule has 0 bridgehead atoms. The first-order chi connectivity index (χ1) is 15.3. The molecule has 0 aliphatic rings. The summed E-state index contributed by atoms with van der Waals surface area (Å²) >= 11 is 0. The Morgan fingerprint density at radius 1 is 1.03 bits per heavy atom. The van der Waals surface area contributed by atoms with Crippen molar-refractivity contribution in [3.05, 3.63) is 89.7 Å². The van der Waals surface area contributed by atoms with Crippen LogP contribution in [0, 0.1) is 5.82 Å². The second-order valence-corrected chi connectivity index (χ2v) is 9.06. The van der Waals surface area contributed by atoms with E-state index in [2.05, 4.69) is 10.0 Å². The fraction of sp³-hybridized carbons (Fsp3) is 0.208. The average Bonchev–Trinajstić information content (AvgIpc) is 2.78. The van der Waals surface area contributed by atoms with Crippen molar-refractivity contribution in [3.63, 3.8) is 0 Å². The molecule has 3 aromatic carbocycles. The van der Waals surface area contributed by atoms with Crippen LogP contribution in [0.5, 0.6) is 5.75 Å². The lowest BCUT2D eigenvalue weighted by molar-refractivity contribution is 0.102. The number of benzene rings is 3. The maximum atomic E-state index is 13.9. The lowest BCUT2D eigenvalue weighted by Crippen LogP contribution is -2.33. The van der Waals surface area contributed by atoms with E-state index in [9.17, 15) is 17.6 Å². The summed E-state index contributed by atoms with van der Waals surface area (Å²) in [5.74, 6) is -1.13. The normalized spacial score (nSPS) is 12.2. The Labute approximate surface area is 187 Å². The molecule has 0 aliphatic heterocycles. The largest absolute Gasteiger partial charge is 0.495 e. The topological polar surface area (TPSA) is 84.5 Å². The fourth-order valence-electron chi connectivity index (χ4n) is 3.21. The van der Waals surface area contributed by atoms with E-state index in [4.69, 9.17) is 4.74 Å². The molecule has 1 amide bonds. The monoisotopic (exact) mass is 456 g/mol. The zero-order valence-electron chi connectivity index (χ0n) is 17.8. The van der Waals surface area contributed by atoms with E-state index >= 15 is 0 Å². The van der Waals surface area contributed by atoms with Crippen LogP contribution < -0.4 is 14.8 Å². The zero-order valence-corrected chi connectivity index (χ0v) is 18.7. The number of carbonyl (C=O) groups is 1. The molecule has 1 atom stereocenters. The lowest BCUT2D eigenvalue weighted by atomic mass is 10.1. The van der Waals surface area contributed by atoms with E-state index in [0.717, 1.165) is 12.0 Å². The number of halogens is 1. The van der Waals surface area contributed by atoms with E-state index in [1.165, 1.54) is 49.6 Å². The molecule has 0 saturated heterocycles. The van der Waals surface area contributed by atoms with Gasteiger partial charge in [0.25, 0.3) is 5.91 Å². The van der Waals surface area contributed by atoms with E-state index in [0.29, 0.717) is 6.42 Å². The number of carbonyl (C=O) groups excluding carboxylic acids is 1. The van der Waals surface area contributed by atoms with Crippen molar-refractivity contribution in [2.45, 2.75) is 30.7 Å². The molecule has 0 heterocycles. The molecular weight excluding hydrogens is 431 g/mol. The maximum Gasteiger partial charge on any atom is 0.258 e. The average molecular weight is 457 g/mol. The van der Waals surface area contributed by atoms with Gasteiger partial charge in [0, 0.05) is 6.04 Å². The zero-order chi connectivity index (χ0) is 23.1. The number of sulfonamides is 1. The Hall–Kier alpha value is -3.23. The minimum absolute atomic E-state index is 0.0336. The molecular formula is C24H25FN2O4S. The SMILES string of the molecule is COc1ccc(S(=O)(=O)N[C@@H](C)CCc2ccccc2)cc1NC(=O)c1ccccc1F. The predicted molar refractivity (Wildman–Crippen MR) is 122 cm³/mol. The Morgan fingerprint density at radius 2 is 1.72 bits per heavy atom. The summed E-state index contributed by atoms with van der Waals surface area (Å²) in [6.45, 7) is 1.80. The Kier molecular flexibility index (Phi) is 7.61. The van der Waals surface area contributed by atoms with Gasteiger partial charge in [0.2, 0.25) is 10.0 Å². The smallest absolute Gasteiger partial charge is 0.258 e. The molecule has 0 aliphatic carbocycles. The van der Waals surface area contributed by atoms with Crippen molar-refractivity contribution in [1.29, 1.82) is 0 Å². The minimum Gasteiger partial charge on any atom is -0.495 e. The molecule has 6 nitrogen and oxygen atoms in total. The summed E-state index contributed by atoms with van der Waals surface area (Å²) in [5.41, 5.74) is 1.09. The Bertz CT molecular complexity index is 1180. The van der Waals surface area contributed by atoms with Crippen LogP contribution in [0.25, 0.3) is 0 Å². The molecule has 0 unspecified atom stereocenters. The van der Waals surface area contributed by atoms with E-state index in [1.807, 2.05) is 30.3 Å². The van der Waals surface area contributed by atoms with E-state index < -0.39 is 21.7 Å². The molecule has 0 radical (unpaired) electrons. The summed E-state index contributed by atoms with van der Waals surface area (Å²) in [6, 6.07) is 19.2. The molecule has 0 fully saturated rings. The quantitative estimate of drug-likeness (QED) is 0.500. The van der Waals surface area contributed by atoms with Gasteiger partial charge in [-0.2, -0.15) is 0 Å². The maximum absolute atomic E-state index is 13.9. The third-order valence-electron chi connectivity index (χ3n) is 4.91. The lowest BCUT2D eigenvalue weighted by Gasteiger charge is -2.16. The Morgan fingerprint density at radius 3 is 2.41 bits per heavy atom. The van der Waals surface area contributed by atoms with Gasteiger partial charge in [-0.1, -0.05) is 42.5 Å². The second-order valence-electron chi connectivity index (χ2n) is 7.34. The predicted octanol–water partition coefficient (Wildman–Crippen LogP) is 4.39. The van der Waals surface area contributed by atoms with Crippen molar-refractivity contribution >= 4 is 21.6 Å². The van der Waals surface area contributed by atoms with E-state index in [-0.39, 0.29) is 27.9 Å². The highest BCUT2D eigenvalue weighted by Gasteiger charge is 2.21. The van der Waals surface area contributed by atoms with Gasteiger partial charge < -0.3 is 10.1 Å². The first-order valence-electron chi connectivity index (χ1n) is 10.1. The molecule has 0 saturated carbocycles. The first kappa shape index (κ1) is 23.4. The highest BCUT2D eigenvalue weighted by Crippen LogP contribution is 2.28. The van der Waals surface area contributed by atoms with Gasteiger partial charge in [-0.05, 0) is 55.7 Å². The van der Waals surface area contributed by atoms with Crippen LogP contribution in [0.3, 0.4) is 0 Å². The van der Waals surface area contributed by atoms with Gasteiger partial charge in [0.05, 0.1) is 23.3 Å². The van der Waals surface area contributed by atoms with Crippen LogP contribution in [-0.4, -0.2) is 27.5 Å². The van der Waals surface area contributed by atoms with Crippen molar-refractivity contribution in [2.75, 3.05) is 12.4 Å². The Balaban J connectivity index is 1.75. The van der Waals surface area contributed by atoms with Crippen LogP contribution in [0.1, 0.15) is 29.3 Å². The number of hydrogen-bond acceptors (Lipinski definition) is 4. The number of amides is 1. The first-order valence-corrected chi connectivity index (χ1v) is 11.6. The van der Waals surface area contributed by atoms with Crippen molar-refractivity contribution < 1.29 is 22.3 Å². The van der Waals surface area contributed by atoms with Crippen LogP contribution in [0.15, 0.2) is 77.7 Å². The summed E-state index contributed by atoms with van der Waals surface area (Å²) in [4.78, 5) is 12.5. The number of ether oxygens (including phenoxy) is 1. The third kappa shape index (κ3) is 5.93. The van der Waals surface area contributed by atoms with Gasteiger partial charge in [-0.3, -0.25) is 4.79 Å². The number of hydrogen-bond donors (Lipinski definition) is 2. The third-order valence-corrected chi connectivity index (χ3v) is 6.50. The number of rotatable bonds is 9. The second kappa shape index (κ2) is 10.4. The van der Waals surface area contributed by atoms with Gasteiger partial charge in [-0.25, -0.2) is 17.5 Å². The van der Waals surface area contributed by atoms with Crippen molar-refractivity contribution in [3.8, 4) is 5.75 Å². The highest BCUT2D eigenvalue weighted by molar-refractivity contribution is 7.89. The van der Waals surface area contributed by atoms with E-state index in [1.54, 1.807) is 6.92 Å². The molecule has 3 aromatic rings. The molecule has 0 spiro atoms. The number of methoxy groups -OCH3 is 1. The van der Waals surface area contributed by atoms with Crippen LogP contribution in [-0.2, 0) is 16.4 Å².